The Bertz CT molecular complexity index is 4140. The molecule has 566 valence electrons. The van der Waals surface area contributed by atoms with E-state index in [0.717, 1.165) is 34.4 Å². The predicted octanol–water partition coefficient (Wildman–Crippen LogP) is 11.4. The molecule has 0 aliphatic rings. The Morgan fingerprint density at radius 1 is 0.362 bits per heavy atom. The quantitative estimate of drug-likeness (QED) is 0.0250. The van der Waals surface area contributed by atoms with E-state index in [0.29, 0.717) is 61.3 Å². The standard InChI is InChI=1S/C12H16O3.3C10H14N2O.C10H12O4.C10H12O3.C9H12N2O.C9H10O3/c1-7(2)6-11(14)9-4-5-10(13)8(3)12(9)15;1-8-2-4-9(5-3-8)12-7-10(13)6-11;1-8-3-2-4-9(5-8)12-7-10(13)6-11;1-8-4-2-3-5-10(8)12-7-9(13)6-11;1-3-6(11)9-8(13)4-7(12)5(2)10(9)14;1-3-8(11)7-4-5-9(12)6(2)10(7)13;10-6-9(12)7-11-8-4-2-1-3-5-8;1-5-8(11)4-3-7(6(2)10)9(5)12/h4-5,7,13,15H,6H2,1-3H3;3*2-5,12H,6-7,11H2,1H3;4,12-14H,3H2,1-2H3;4-5,12-13H,3H2,1-2H3;1-5,11H,6-7,10H2;3-4,11-12H,1-2H3. The number of para-hydroxylation sites is 2. The number of Topliss-reactive ketones (excluding diaryl/α,β-unsaturated/α-hetero) is 8. The van der Waals surface area contributed by atoms with Crippen LogP contribution >= 0.6 is 0 Å². The van der Waals surface area contributed by atoms with Crippen LogP contribution in [0.15, 0.2) is 146 Å². The maximum Gasteiger partial charge on any atom is 0.170 e. The zero-order valence-corrected chi connectivity index (χ0v) is 61.8. The zero-order chi connectivity index (χ0) is 79.6. The molecule has 8 rings (SSSR count). The van der Waals surface area contributed by atoms with Gasteiger partial charge in [0.25, 0.3) is 0 Å². The summed E-state index contributed by atoms with van der Waals surface area (Å²) in [5.41, 5.74) is 29.9. The molecule has 0 aromatic heterocycles. The Morgan fingerprint density at radius 3 is 1.16 bits per heavy atom. The summed E-state index contributed by atoms with van der Waals surface area (Å²) in [6.07, 6.45) is 0.931. The van der Waals surface area contributed by atoms with Gasteiger partial charge in [0.05, 0.1) is 69.0 Å². The first-order valence-electron chi connectivity index (χ1n) is 33.5. The van der Waals surface area contributed by atoms with E-state index >= 15 is 0 Å². The Labute approximate surface area is 614 Å². The van der Waals surface area contributed by atoms with Crippen molar-refractivity contribution in [1.29, 1.82) is 0 Å². The number of hydrogen-bond acceptors (Lipinski definition) is 25. The van der Waals surface area contributed by atoms with Crippen LogP contribution in [0, 0.1) is 54.4 Å². The first-order valence-corrected chi connectivity index (χ1v) is 33.5. The Kier molecular flexibility index (Phi) is 42.0. The van der Waals surface area contributed by atoms with Gasteiger partial charge in [-0.2, -0.15) is 0 Å². The van der Waals surface area contributed by atoms with Crippen LogP contribution in [0.25, 0.3) is 0 Å². The van der Waals surface area contributed by atoms with Crippen LogP contribution in [0.2, 0.25) is 0 Å². The lowest BCUT2D eigenvalue weighted by Crippen LogP contribution is -2.22. The van der Waals surface area contributed by atoms with E-state index in [2.05, 4.69) is 21.3 Å². The molecule has 0 heterocycles. The summed E-state index contributed by atoms with van der Waals surface area (Å²) >= 11 is 0. The highest BCUT2D eigenvalue weighted by molar-refractivity contribution is 6.02. The third-order valence-corrected chi connectivity index (χ3v) is 15.1. The normalized spacial score (nSPS) is 9.91. The second-order valence-corrected chi connectivity index (χ2v) is 24.0. The summed E-state index contributed by atoms with van der Waals surface area (Å²) in [5.74, 6) is -1.80. The molecule has 0 unspecified atom stereocenters. The van der Waals surface area contributed by atoms with Crippen LogP contribution in [-0.4, -0.2) is 145 Å². The number of anilines is 4. The molecule has 0 fully saturated rings. The Morgan fingerprint density at radius 2 is 0.743 bits per heavy atom. The molecule has 21 N–H and O–H groups in total. The second kappa shape index (κ2) is 48.3. The van der Waals surface area contributed by atoms with Crippen molar-refractivity contribution >= 4 is 69.0 Å². The Balaban J connectivity index is 0.000000600. The molecule has 105 heavy (non-hydrogen) atoms. The number of rotatable bonds is 24. The SMILES string of the molecule is CC(=O)c1ccc(O)c(C)c1O.CCC(=O)c1c(O)cc(O)c(C)c1O.CCC(=O)c1ccc(O)c(C)c1O.Cc1c(O)ccc(C(=O)CC(C)C)c1O.Cc1ccc(NCC(=O)CN)cc1.Cc1cccc(NCC(=O)CN)c1.Cc1ccccc1NCC(=O)CN.NCC(=O)CNc1ccccc1. The number of carbonyl (C=O) groups excluding carboxylic acids is 8. The van der Waals surface area contributed by atoms with Crippen LogP contribution in [0.3, 0.4) is 0 Å². The number of ketones is 8. The van der Waals surface area contributed by atoms with Crippen molar-refractivity contribution in [2.75, 3.05) is 73.6 Å². The smallest absolute Gasteiger partial charge is 0.170 e. The molecular weight excluding hydrogens is 1340 g/mol. The van der Waals surface area contributed by atoms with E-state index in [9.17, 15) is 79.2 Å². The van der Waals surface area contributed by atoms with Crippen molar-refractivity contribution in [1.82, 2.24) is 0 Å². The highest BCUT2D eigenvalue weighted by atomic mass is 16.3. The van der Waals surface area contributed by atoms with Gasteiger partial charge in [0.1, 0.15) is 57.3 Å². The topological polar surface area (TPSA) is 471 Å². The summed E-state index contributed by atoms with van der Waals surface area (Å²) in [4.78, 5) is 88.6. The van der Waals surface area contributed by atoms with Crippen molar-refractivity contribution in [2.45, 2.75) is 102 Å². The first kappa shape index (κ1) is 91.4. The van der Waals surface area contributed by atoms with Crippen LogP contribution < -0.4 is 44.2 Å². The monoisotopic (exact) mass is 1450 g/mol. The third-order valence-electron chi connectivity index (χ3n) is 15.1. The minimum Gasteiger partial charge on any atom is -0.508 e. The van der Waals surface area contributed by atoms with E-state index in [1.807, 2.05) is 138 Å². The van der Waals surface area contributed by atoms with Gasteiger partial charge in [-0.1, -0.05) is 93.9 Å². The average molecular weight is 1450 g/mol. The summed E-state index contributed by atoms with van der Waals surface area (Å²) in [6, 6.07) is 42.7. The number of phenols is 9. The molecule has 0 amide bonds. The van der Waals surface area contributed by atoms with Crippen molar-refractivity contribution < 1.29 is 84.3 Å². The zero-order valence-electron chi connectivity index (χ0n) is 61.8. The summed E-state index contributed by atoms with van der Waals surface area (Å²) in [5, 5.41) is 96.3. The molecule has 0 saturated heterocycles. The number of nitrogens with one attached hydrogen (secondary N) is 4. The van der Waals surface area contributed by atoms with Gasteiger partial charge in [-0.15, -0.1) is 0 Å². The number of phenolic OH excluding ortho intramolecular Hbond substituents is 9. The summed E-state index contributed by atoms with van der Waals surface area (Å²) in [7, 11) is 0. The predicted molar refractivity (Wildman–Crippen MR) is 413 cm³/mol. The third kappa shape index (κ3) is 33.4. The lowest BCUT2D eigenvalue weighted by molar-refractivity contribution is -0.116. The van der Waals surface area contributed by atoms with Gasteiger partial charge in [-0.3, -0.25) is 38.4 Å². The fourth-order valence-corrected chi connectivity index (χ4v) is 8.50. The van der Waals surface area contributed by atoms with E-state index < -0.39 is 5.75 Å². The molecule has 0 atom stereocenters. The first-order chi connectivity index (χ1) is 49.5. The molecular formula is C80H104N8O17. The molecule has 25 nitrogen and oxygen atoms in total. The van der Waals surface area contributed by atoms with Crippen molar-refractivity contribution in [3.63, 3.8) is 0 Å². The van der Waals surface area contributed by atoms with Crippen LogP contribution in [0.5, 0.6) is 51.7 Å². The maximum atomic E-state index is 11.7. The van der Waals surface area contributed by atoms with Crippen LogP contribution in [0.4, 0.5) is 22.7 Å². The lowest BCUT2D eigenvalue weighted by Gasteiger charge is -2.09. The number of aromatic hydroxyl groups is 9. The van der Waals surface area contributed by atoms with Crippen LogP contribution in [0.1, 0.15) is 134 Å². The second-order valence-electron chi connectivity index (χ2n) is 24.0. The minimum absolute atomic E-state index is 0.00231. The Hall–Kier alpha value is -11.6. The molecule has 8 aromatic carbocycles. The highest BCUT2D eigenvalue weighted by Crippen LogP contribution is 2.38. The highest BCUT2D eigenvalue weighted by Gasteiger charge is 2.20. The molecule has 0 radical (unpaired) electrons. The van der Waals surface area contributed by atoms with Gasteiger partial charge in [0.15, 0.2) is 46.3 Å². The number of nitrogens with two attached hydrogens (primary N) is 4. The van der Waals surface area contributed by atoms with E-state index in [1.54, 1.807) is 34.6 Å². The minimum atomic E-state index is -0.391. The van der Waals surface area contributed by atoms with Crippen LogP contribution in [-0.2, 0) is 19.2 Å². The fraction of sp³-hybridized carbons (Fsp3) is 0.300. The maximum absolute atomic E-state index is 11.7. The molecule has 0 aliphatic carbocycles. The van der Waals surface area contributed by atoms with E-state index in [4.69, 9.17) is 28.0 Å². The number of hydrogen-bond donors (Lipinski definition) is 17. The van der Waals surface area contributed by atoms with Gasteiger partial charge in [0, 0.05) is 70.3 Å². The van der Waals surface area contributed by atoms with Gasteiger partial charge in [-0.25, -0.2) is 0 Å². The molecule has 0 aliphatic heterocycles. The number of aryl methyl sites for hydroxylation is 3. The largest absolute Gasteiger partial charge is 0.508 e. The van der Waals surface area contributed by atoms with Gasteiger partial charge < -0.3 is 90.2 Å². The fourth-order valence-electron chi connectivity index (χ4n) is 8.50. The summed E-state index contributed by atoms with van der Waals surface area (Å²) in [6.45, 7) is 22.4. The number of benzene rings is 8. The lowest BCUT2D eigenvalue weighted by atomic mass is 9.98. The van der Waals surface area contributed by atoms with Gasteiger partial charge >= 0.3 is 0 Å². The molecule has 0 bridgehead atoms. The molecule has 25 heteroatoms. The molecule has 0 saturated carbocycles. The summed E-state index contributed by atoms with van der Waals surface area (Å²) < 4.78 is 0. The van der Waals surface area contributed by atoms with Crippen molar-refractivity contribution in [3.8, 4) is 51.7 Å². The average Bonchev–Trinajstić information content (AvgIpc) is 0.822. The molecule has 0 spiro atoms. The van der Waals surface area contributed by atoms with Crippen molar-refractivity contribution in [2.24, 2.45) is 28.9 Å². The molecule has 8 aromatic rings. The van der Waals surface area contributed by atoms with E-state index in [-0.39, 0.29) is 153 Å². The van der Waals surface area contributed by atoms with Gasteiger partial charge in [-0.05, 0) is 151 Å². The van der Waals surface area contributed by atoms with E-state index in [1.165, 1.54) is 61.4 Å². The van der Waals surface area contributed by atoms with Gasteiger partial charge in [0.2, 0.25) is 0 Å². The number of carbonyl (C=O) groups is 8. The van der Waals surface area contributed by atoms with Crippen molar-refractivity contribution in [3.05, 3.63) is 207 Å².